The van der Waals surface area contributed by atoms with Crippen molar-refractivity contribution in [1.29, 1.82) is 0 Å². The Hall–Kier alpha value is -0.610. The maximum Gasteiger partial charge on any atom is 0.226 e. The van der Waals surface area contributed by atoms with Gasteiger partial charge in [0.1, 0.15) is 0 Å². The lowest BCUT2D eigenvalue weighted by molar-refractivity contribution is -0.133. The van der Waals surface area contributed by atoms with Gasteiger partial charge in [-0.3, -0.25) is 9.69 Å². The molecule has 3 rings (SSSR count). The lowest BCUT2D eigenvalue weighted by Crippen LogP contribution is -2.53. The van der Waals surface area contributed by atoms with E-state index in [4.69, 9.17) is 0 Å². The van der Waals surface area contributed by atoms with Crippen LogP contribution in [0.15, 0.2) is 0 Å². The lowest BCUT2D eigenvalue weighted by Gasteiger charge is -2.38. The van der Waals surface area contributed by atoms with Gasteiger partial charge in [-0.15, -0.1) is 0 Å². The van der Waals surface area contributed by atoms with E-state index in [-0.39, 0.29) is 11.3 Å². The molecule has 0 aromatic carbocycles. The van der Waals surface area contributed by atoms with E-state index in [1.807, 2.05) is 0 Å². The second-order valence-corrected chi connectivity index (χ2v) is 7.73. The second-order valence-electron chi connectivity index (χ2n) is 7.73. The Morgan fingerprint density at radius 1 is 1.14 bits per heavy atom. The number of hydrogen-bond donors (Lipinski definition) is 2. The minimum atomic E-state index is -0.254. The first-order valence-corrected chi connectivity index (χ1v) is 8.85. The number of amides is 1. The number of piperidine rings is 2. The Labute approximate surface area is 129 Å². The summed E-state index contributed by atoms with van der Waals surface area (Å²) in [4.78, 5) is 15.4. The summed E-state index contributed by atoms with van der Waals surface area (Å²) in [6.07, 6.45) is 7.42. The monoisotopic (exact) mass is 293 g/mol. The van der Waals surface area contributed by atoms with Crippen LogP contribution in [-0.2, 0) is 4.79 Å². The van der Waals surface area contributed by atoms with Gasteiger partial charge in [0.25, 0.3) is 0 Å². The number of nitrogens with one attached hydrogen (secondary N) is 2. The highest BCUT2D eigenvalue weighted by molar-refractivity contribution is 5.82. The Kier molecular flexibility index (Phi) is 4.55. The topological polar surface area (TPSA) is 44.4 Å². The minimum absolute atomic E-state index is 0.254. The zero-order chi connectivity index (χ0) is 14.9. The van der Waals surface area contributed by atoms with Gasteiger partial charge in [-0.25, -0.2) is 0 Å². The summed E-state index contributed by atoms with van der Waals surface area (Å²) in [5.41, 5.74) is -0.254. The molecule has 3 aliphatic rings. The zero-order valence-electron chi connectivity index (χ0n) is 13.7. The first-order chi connectivity index (χ1) is 10.1. The fraction of sp³-hybridized carbons (Fsp3) is 0.941. The highest BCUT2D eigenvalue weighted by Crippen LogP contribution is 2.33. The van der Waals surface area contributed by atoms with E-state index in [0.717, 1.165) is 19.5 Å². The third-order valence-corrected chi connectivity index (χ3v) is 6.08. The van der Waals surface area contributed by atoms with Crippen molar-refractivity contribution in [3.63, 3.8) is 0 Å². The van der Waals surface area contributed by atoms with Crippen molar-refractivity contribution >= 4 is 5.91 Å². The molecule has 0 saturated carbocycles. The Bertz CT molecular complexity index is 376. The van der Waals surface area contributed by atoms with Gasteiger partial charge in [-0.05, 0) is 57.7 Å². The number of nitrogens with zero attached hydrogens (tertiary/aromatic N) is 1. The molecule has 1 amide bonds. The van der Waals surface area contributed by atoms with Crippen molar-refractivity contribution in [3.05, 3.63) is 0 Å². The van der Waals surface area contributed by atoms with Crippen molar-refractivity contribution in [2.24, 2.45) is 11.3 Å². The summed E-state index contributed by atoms with van der Waals surface area (Å²) >= 11 is 0. The van der Waals surface area contributed by atoms with Crippen LogP contribution in [-0.4, -0.2) is 49.1 Å². The lowest BCUT2D eigenvalue weighted by atomic mass is 9.74. The Morgan fingerprint density at radius 3 is 2.76 bits per heavy atom. The molecule has 4 nitrogen and oxygen atoms in total. The van der Waals surface area contributed by atoms with Crippen LogP contribution >= 0.6 is 0 Å². The molecular weight excluding hydrogens is 262 g/mol. The largest absolute Gasteiger partial charge is 0.351 e. The third-order valence-electron chi connectivity index (χ3n) is 6.08. The quantitative estimate of drug-likeness (QED) is 0.833. The summed E-state index contributed by atoms with van der Waals surface area (Å²) in [7, 11) is 0. The maximum atomic E-state index is 12.8. The van der Waals surface area contributed by atoms with Crippen LogP contribution < -0.4 is 10.6 Å². The molecule has 3 fully saturated rings. The van der Waals surface area contributed by atoms with Crippen molar-refractivity contribution in [1.82, 2.24) is 15.5 Å². The molecule has 0 radical (unpaired) electrons. The van der Waals surface area contributed by atoms with Gasteiger partial charge in [0, 0.05) is 24.0 Å². The fourth-order valence-electron chi connectivity index (χ4n) is 4.42. The van der Waals surface area contributed by atoms with Gasteiger partial charge in [-0.1, -0.05) is 20.3 Å². The van der Waals surface area contributed by atoms with E-state index >= 15 is 0 Å². The average molecular weight is 293 g/mol. The van der Waals surface area contributed by atoms with Crippen LogP contribution in [0.1, 0.15) is 52.4 Å². The van der Waals surface area contributed by atoms with Crippen molar-refractivity contribution in [3.8, 4) is 0 Å². The van der Waals surface area contributed by atoms with Crippen molar-refractivity contribution < 1.29 is 4.79 Å². The fourth-order valence-corrected chi connectivity index (χ4v) is 4.42. The van der Waals surface area contributed by atoms with Crippen LogP contribution in [0, 0.1) is 11.3 Å². The predicted octanol–water partition coefficient (Wildman–Crippen LogP) is 1.76. The van der Waals surface area contributed by atoms with Crippen LogP contribution in [0.4, 0.5) is 0 Å². The SMILES string of the molecule is CC(C)(C(=O)NC1CCN2CCCCC12)C1CCCNC1. The molecule has 3 unspecified atom stereocenters. The third kappa shape index (κ3) is 3.11. The van der Waals surface area contributed by atoms with Gasteiger partial charge in [0.15, 0.2) is 0 Å². The number of hydrogen-bond acceptors (Lipinski definition) is 3. The molecule has 3 atom stereocenters. The summed E-state index contributed by atoms with van der Waals surface area (Å²) in [6.45, 7) is 8.75. The summed E-state index contributed by atoms with van der Waals surface area (Å²) in [5.74, 6) is 0.740. The predicted molar refractivity (Wildman–Crippen MR) is 85.1 cm³/mol. The van der Waals surface area contributed by atoms with Crippen LogP contribution in [0.2, 0.25) is 0 Å². The molecular formula is C17H31N3O. The van der Waals surface area contributed by atoms with E-state index in [1.165, 1.54) is 45.2 Å². The maximum absolute atomic E-state index is 12.8. The van der Waals surface area contributed by atoms with Gasteiger partial charge >= 0.3 is 0 Å². The molecule has 0 aromatic heterocycles. The molecule has 21 heavy (non-hydrogen) atoms. The van der Waals surface area contributed by atoms with Crippen LogP contribution in [0.5, 0.6) is 0 Å². The molecule has 120 valence electrons. The summed E-state index contributed by atoms with van der Waals surface area (Å²) in [6, 6.07) is 0.983. The summed E-state index contributed by atoms with van der Waals surface area (Å²) < 4.78 is 0. The van der Waals surface area contributed by atoms with Crippen LogP contribution in [0.3, 0.4) is 0 Å². The van der Waals surface area contributed by atoms with Crippen LogP contribution in [0.25, 0.3) is 0 Å². The average Bonchev–Trinajstić information content (AvgIpc) is 2.91. The zero-order valence-corrected chi connectivity index (χ0v) is 13.7. The Balaban J connectivity index is 1.60. The van der Waals surface area contributed by atoms with Gasteiger partial charge in [0.2, 0.25) is 5.91 Å². The molecule has 0 aromatic rings. The molecule has 3 aliphatic heterocycles. The second kappa shape index (κ2) is 6.25. The molecule has 3 saturated heterocycles. The highest BCUT2D eigenvalue weighted by Gasteiger charge is 2.41. The molecule has 0 spiro atoms. The van der Waals surface area contributed by atoms with E-state index < -0.39 is 0 Å². The van der Waals surface area contributed by atoms with E-state index in [0.29, 0.717) is 18.0 Å². The molecule has 3 heterocycles. The first kappa shape index (κ1) is 15.3. The Morgan fingerprint density at radius 2 is 2.00 bits per heavy atom. The molecule has 0 bridgehead atoms. The van der Waals surface area contributed by atoms with Gasteiger partial charge in [0.05, 0.1) is 0 Å². The summed E-state index contributed by atoms with van der Waals surface area (Å²) in [5, 5.41) is 6.85. The molecule has 0 aliphatic carbocycles. The molecule has 2 N–H and O–H groups in total. The normalized spacial score (nSPS) is 34.5. The standard InChI is InChI=1S/C17H31N3O/c1-17(2,13-6-5-9-18-12-13)16(21)19-14-8-11-20-10-4-3-7-15(14)20/h13-15,18H,3-12H2,1-2H3,(H,19,21). The van der Waals surface area contributed by atoms with Crippen molar-refractivity contribution in [2.45, 2.75) is 64.5 Å². The van der Waals surface area contributed by atoms with E-state index in [9.17, 15) is 4.79 Å². The number of rotatable bonds is 3. The number of carbonyl (C=O) groups excluding carboxylic acids is 1. The van der Waals surface area contributed by atoms with Crippen molar-refractivity contribution in [2.75, 3.05) is 26.2 Å². The van der Waals surface area contributed by atoms with Gasteiger partial charge < -0.3 is 10.6 Å². The smallest absolute Gasteiger partial charge is 0.226 e. The van der Waals surface area contributed by atoms with E-state index in [2.05, 4.69) is 29.4 Å². The minimum Gasteiger partial charge on any atom is -0.351 e. The first-order valence-electron chi connectivity index (χ1n) is 8.85. The van der Waals surface area contributed by atoms with E-state index in [1.54, 1.807) is 0 Å². The number of fused-ring (bicyclic) bond motifs is 1. The molecule has 4 heteroatoms. The number of carbonyl (C=O) groups is 1. The highest BCUT2D eigenvalue weighted by atomic mass is 16.2. The van der Waals surface area contributed by atoms with Gasteiger partial charge in [-0.2, -0.15) is 0 Å².